The van der Waals surface area contributed by atoms with Crippen LogP contribution in [0.5, 0.6) is 11.5 Å². The van der Waals surface area contributed by atoms with Crippen molar-refractivity contribution >= 4 is 17.1 Å². The first-order valence-electron chi connectivity index (χ1n) is 5.48. The van der Waals surface area contributed by atoms with Crippen LogP contribution >= 0.6 is 11.3 Å². The molecule has 0 saturated heterocycles. The smallest absolute Gasteiger partial charge is 0.169 e. The van der Waals surface area contributed by atoms with Gasteiger partial charge in [0.15, 0.2) is 5.78 Å². The van der Waals surface area contributed by atoms with Crippen molar-refractivity contribution in [1.82, 2.24) is 0 Å². The van der Waals surface area contributed by atoms with Crippen LogP contribution in [0.2, 0.25) is 0 Å². The molecule has 2 aromatic rings. The second kappa shape index (κ2) is 5.23. The summed E-state index contributed by atoms with van der Waals surface area (Å²) in [7, 11) is 3.24. The number of methoxy groups -OCH3 is 2. The quantitative estimate of drug-likeness (QED) is 0.789. The Balaban J connectivity index is 2.45. The van der Waals surface area contributed by atoms with Gasteiger partial charge in [-0.15, -0.1) is 11.3 Å². The fraction of sp³-hybridized carbons (Fsp3) is 0.214. The molecule has 0 N–H and O–H groups in total. The van der Waals surface area contributed by atoms with Crippen LogP contribution in [0.1, 0.15) is 16.6 Å². The van der Waals surface area contributed by atoms with Crippen molar-refractivity contribution in [2.75, 3.05) is 14.2 Å². The van der Waals surface area contributed by atoms with E-state index in [2.05, 4.69) is 0 Å². The van der Waals surface area contributed by atoms with E-state index in [0.717, 1.165) is 26.8 Å². The number of hydrogen-bond acceptors (Lipinski definition) is 4. The number of hydrogen-bond donors (Lipinski definition) is 0. The second-order valence-electron chi connectivity index (χ2n) is 3.82. The molecule has 1 heterocycles. The summed E-state index contributed by atoms with van der Waals surface area (Å²) < 4.78 is 10.5. The maximum absolute atomic E-state index is 11.3. The summed E-state index contributed by atoms with van der Waals surface area (Å²) in [5.74, 6) is 1.56. The number of thiophene rings is 1. The molecule has 3 nitrogen and oxygen atoms in total. The van der Waals surface area contributed by atoms with Crippen molar-refractivity contribution in [3.8, 4) is 21.9 Å². The summed E-state index contributed by atoms with van der Waals surface area (Å²) in [5.41, 5.74) is 0.990. The van der Waals surface area contributed by atoms with Crippen LogP contribution in [0.15, 0.2) is 30.3 Å². The minimum absolute atomic E-state index is 0.0844. The Hall–Kier alpha value is -1.81. The molecule has 0 unspecified atom stereocenters. The molecule has 0 saturated carbocycles. The second-order valence-corrected chi connectivity index (χ2v) is 4.91. The molecule has 4 heteroatoms. The minimum atomic E-state index is 0.0844. The third-order valence-electron chi connectivity index (χ3n) is 2.59. The number of carbonyl (C=O) groups excluding carboxylic acids is 1. The Morgan fingerprint density at radius 3 is 2.11 bits per heavy atom. The first kappa shape index (κ1) is 12.6. The van der Waals surface area contributed by atoms with E-state index in [0.29, 0.717) is 0 Å². The highest BCUT2D eigenvalue weighted by molar-refractivity contribution is 7.17. The molecule has 0 aliphatic carbocycles. The van der Waals surface area contributed by atoms with Gasteiger partial charge in [-0.3, -0.25) is 4.79 Å². The Kier molecular flexibility index (Phi) is 3.67. The van der Waals surface area contributed by atoms with E-state index < -0.39 is 0 Å². The molecule has 0 amide bonds. The lowest BCUT2D eigenvalue weighted by atomic mass is 10.1. The lowest BCUT2D eigenvalue weighted by Crippen LogP contribution is -1.87. The molecule has 0 atom stereocenters. The number of benzene rings is 1. The van der Waals surface area contributed by atoms with Crippen molar-refractivity contribution in [1.29, 1.82) is 0 Å². The summed E-state index contributed by atoms with van der Waals surface area (Å²) >= 11 is 1.47. The summed E-state index contributed by atoms with van der Waals surface area (Å²) in [4.78, 5) is 13.1. The first-order chi connectivity index (χ1) is 8.63. The van der Waals surface area contributed by atoms with Crippen molar-refractivity contribution in [3.05, 3.63) is 35.2 Å². The zero-order valence-corrected chi connectivity index (χ0v) is 11.3. The predicted octanol–water partition coefficient (Wildman–Crippen LogP) is 3.63. The van der Waals surface area contributed by atoms with Gasteiger partial charge in [0.05, 0.1) is 19.1 Å². The monoisotopic (exact) mass is 262 g/mol. The Morgan fingerprint density at radius 2 is 1.67 bits per heavy atom. The highest BCUT2D eigenvalue weighted by Gasteiger charge is 2.09. The van der Waals surface area contributed by atoms with Crippen LogP contribution in [0.25, 0.3) is 10.4 Å². The molecule has 0 fully saturated rings. The summed E-state index contributed by atoms with van der Waals surface area (Å²) in [5, 5.41) is 0. The van der Waals surface area contributed by atoms with Gasteiger partial charge in [-0.25, -0.2) is 0 Å². The van der Waals surface area contributed by atoms with E-state index in [4.69, 9.17) is 9.47 Å². The van der Waals surface area contributed by atoms with Crippen molar-refractivity contribution in [3.63, 3.8) is 0 Å². The Bertz CT molecular complexity index is 550. The fourth-order valence-corrected chi connectivity index (χ4v) is 2.52. The van der Waals surface area contributed by atoms with Crippen LogP contribution in [-0.4, -0.2) is 20.0 Å². The number of ether oxygens (including phenoxy) is 2. The van der Waals surface area contributed by atoms with Gasteiger partial charge in [-0.1, -0.05) is 0 Å². The van der Waals surface area contributed by atoms with E-state index in [1.807, 2.05) is 30.3 Å². The SMILES string of the molecule is COc1cc(OC)cc(-c2ccc(C(C)=O)s2)c1. The van der Waals surface area contributed by atoms with E-state index in [9.17, 15) is 4.79 Å². The van der Waals surface area contributed by atoms with Gasteiger partial charge in [-0.05, 0) is 36.8 Å². The number of ketones is 1. The van der Waals surface area contributed by atoms with E-state index >= 15 is 0 Å². The molecular weight excluding hydrogens is 248 g/mol. The molecular formula is C14H14O3S. The maximum Gasteiger partial charge on any atom is 0.169 e. The normalized spacial score (nSPS) is 10.2. The van der Waals surface area contributed by atoms with Gasteiger partial charge in [0.25, 0.3) is 0 Å². The summed E-state index contributed by atoms with van der Waals surface area (Å²) in [6.07, 6.45) is 0. The first-order valence-corrected chi connectivity index (χ1v) is 6.30. The molecule has 18 heavy (non-hydrogen) atoms. The number of rotatable bonds is 4. The predicted molar refractivity (Wildman–Crippen MR) is 72.9 cm³/mol. The van der Waals surface area contributed by atoms with Gasteiger partial charge in [-0.2, -0.15) is 0 Å². The Morgan fingerprint density at radius 1 is 1.06 bits per heavy atom. The van der Waals surface area contributed by atoms with Crippen LogP contribution in [-0.2, 0) is 0 Å². The minimum Gasteiger partial charge on any atom is -0.497 e. The lowest BCUT2D eigenvalue weighted by Gasteiger charge is -2.07. The average Bonchev–Trinajstić information content (AvgIpc) is 2.87. The van der Waals surface area contributed by atoms with Crippen LogP contribution in [0.3, 0.4) is 0 Å². The van der Waals surface area contributed by atoms with Gasteiger partial charge in [0, 0.05) is 10.9 Å². The molecule has 1 aromatic carbocycles. The van der Waals surface area contributed by atoms with E-state index in [1.54, 1.807) is 21.1 Å². The van der Waals surface area contributed by atoms with Crippen molar-refractivity contribution in [2.24, 2.45) is 0 Å². The molecule has 0 aliphatic heterocycles. The van der Waals surface area contributed by atoms with Crippen LogP contribution in [0, 0.1) is 0 Å². The zero-order valence-electron chi connectivity index (χ0n) is 10.5. The van der Waals surface area contributed by atoms with Gasteiger partial charge in [0.1, 0.15) is 11.5 Å². The Labute approximate surface area is 110 Å². The molecule has 0 bridgehead atoms. The summed E-state index contributed by atoms with van der Waals surface area (Å²) in [6, 6.07) is 9.46. The van der Waals surface area contributed by atoms with Crippen molar-refractivity contribution < 1.29 is 14.3 Å². The topological polar surface area (TPSA) is 35.5 Å². The largest absolute Gasteiger partial charge is 0.497 e. The molecule has 0 spiro atoms. The highest BCUT2D eigenvalue weighted by atomic mass is 32.1. The lowest BCUT2D eigenvalue weighted by molar-refractivity contribution is 0.102. The van der Waals surface area contributed by atoms with Gasteiger partial charge >= 0.3 is 0 Å². The average molecular weight is 262 g/mol. The molecule has 0 aliphatic rings. The highest BCUT2D eigenvalue weighted by Crippen LogP contribution is 2.34. The van der Waals surface area contributed by atoms with Crippen molar-refractivity contribution in [2.45, 2.75) is 6.92 Å². The maximum atomic E-state index is 11.3. The fourth-order valence-electron chi connectivity index (χ4n) is 1.63. The zero-order chi connectivity index (χ0) is 13.1. The molecule has 2 rings (SSSR count). The van der Waals surface area contributed by atoms with Gasteiger partial charge < -0.3 is 9.47 Å². The number of Topliss-reactive ketones (excluding diaryl/α,β-unsaturated/α-hetero) is 1. The van der Waals surface area contributed by atoms with E-state index in [-0.39, 0.29) is 5.78 Å². The standard InChI is InChI=1S/C14H14O3S/c1-9(15)13-4-5-14(18-13)10-6-11(16-2)8-12(7-10)17-3/h4-8H,1-3H3. The van der Waals surface area contributed by atoms with E-state index in [1.165, 1.54) is 11.3 Å². The molecule has 94 valence electrons. The van der Waals surface area contributed by atoms with Crippen LogP contribution in [0.4, 0.5) is 0 Å². The van der Waals surface area contributed by atoms with Gasteiger partial charge in [0.2, 0.25) is 0 Å². The third-order valence-corrected chi connectivity index (χ3v) is 3.82. The number of carbonyl (C=O) groups is 1. The van der Waals surface area contributed by atoms with Crippen LogP contribution < -0.4 is 9.47 Å². The summed E-state index contributed by atoms with van der Waals surface area (Å²) in [6.45, 7) is 1.57. The molecule has 1 aromatic heterocycles. The molecule has 0 radical (unpaired) electrons. The third kappa shape index (κ3) is 2.54.